The molecule has 172 valence electrons. The summed E-state index contributed by atoms with van der Waals surface area (Å²) in [6.07, 6.45) is 0.734. The highest BCUT2D eigenvalue weighted by Gasteiger charge is 2.29. The third kappa shape index (κ3) is 4.44. The van der Waals surface area contributed by atoms with Crippen LogP contribution in [0.1, 0.15) is 42.4 Å². The predicted octanol–water partition coefficient (Wildman–Crippen LogP) is 5.20. The van der Waals surface area contributed by atoms with Crippen molar-refractivity contribution < 1.29 is 14.3 Å². The molecule has 4 aromatic rings. The third-order valence-electron chi connectivity index (χ3n) is 6.10. The van der Waals surface area contributed by atoms with E-state index >= 15 is 0 Å². The van der Waals surface area contributed by atoms with Gasteiger partial charge in [0.15, 0.2) is 0 Å². The molecule has 5 rings (SSSR count). The molecule has 0 bridgehead atoms. The van der Waals surface area contributed by atoms with Crippen molar-refractivity contribution in [2.24, 2.45) is 0 Å². The number of aromatic nitrogens is 1. The van der Waals surface area contributed by atoms with Crippen LogP contribution in [0.4, 0.5) is 5.00 Å². The molecule has 2 aromatic carbocycles. The number of esters is 1. The van der Waals surface area contributed by atoms with Crippen LogP contribution in [-0.2, 0) is 24.2 Å². The molecule has 1 aliphatic heterocycles. The second-order valence-corrected chi connectivity index (χ2v) is 9.57. The summed E-state index contributed by atoms with van der Waals surface area (Å²) in [7, 11) is 1.37. The molecular formula is C27H25N3O3S. The highest BCUT2D eigenvalue weighted by atomic mass is 32.1. The van der Waals surface area contributed by atoms with Crippen LogP contribution in [0.25, 0.3) is 10.9 Å². The monoisotopic (exact) mass is 471 g/mol. The second kappa shape index (κ2) is 9.37. The fourth-order valence-corrected chi connectivity index (χ4v) is 5.65. The van der Waals surface area contributed by atoms with Crippen molar-refractivity contribution in [2.75, 3.05) is 19.0 Å². The lowest BCUT2D eigenvalue weighted by Gasteiger charge is -2.27. The molecule has 0 spiro atoms. The number of rotatable bonds is 5. The van der Waals surface area contributed by atoms with Crippen molar-refractivity contribution in [2.45, 2.75) is 26.4 Å². The maximum Gasteiger partial charge on any atom is 0.341 e. The van der Waals surface area contributed by atoms with Crippen molar-refractivity contribution in [1.82, 2.24) is 9.88 Å². The Kier molecular flexibility index (Phi) is 6.13. The quantitative estimate of drug-likeness (QED) is 0.405. The third-order valence-corrected chi connectivity index (χ3v) is 7.23. The molecule has 0 fully saturated rings. The number of nitrogens with one attached hydrogen (secondary N) is 1. The summed E-state index contributed by atoms with van der Waals surface area (Å²) in [6, 6.07) is 19.7. The summed E-state index contributed by atoms with van der Waals surface area (Å²) in [4.78, 5) is 33.8. The van der Waals surface area contributed by atoms with E-state index in [1.807, 2.05) is 43.3 Å². The van der Waals surface area contributed by atoms with Gasteiger partial charge >= 0.3 is 5.97 Å². The van der Waals surface area contributed by atoms with Crippen molar-refractivity contribution in [3.8, 4) is 0 Å². The van der Waals surface area contributed by atoms with Gasteiger partial charge in [0, 0.05) is 41.2 Å². The molecule has 6 nitrogen and oxygen atoms in total. The summed E-state index contributed by atoms with van der Waals surface area (Å²) >= 11 is 1.46. The van der Waals surface area contributed by atoms with Crippen molar-refractivity contribution in [3.63, 3.8) is 0 Å². The average Bonchev–Trinajstić information content (AvgIpc) is 3.20. The first-order chi connectivity index (χ1) is 16.5. The van der Waals surface area contributed by atoms with Crippen LogP contribution in [0.5, 0.6) is 0 Å². The van der Waals surface area contributed by atoms with E-state index in [4.69, 9.17) is 4.74 Å². The van der Waals surface area contributed by atoms with Crippen LogP contribution in [0.2, 0.25) is 0 Å². The summed E-state index contributed by atoms with van der Waals surface area (Å²) in [5.41, 5.74) is 4.87. The topological polar surface area (TPSA) is 71.5 Å². The Morgan fingerprint density at radius 2 is 1.91 bits per heavy atom. The van der Waals surface area contributed by atoms with Gasteiger partial charge in [0.1, 0.15) is 5.00 Å². The number of amides is 1. The van der Waals surface area contributed by atoms with Gasteiger partial charge in [-0.05, 0) is 42.7 Å². The van der Waals surface area contributed by atoms with E-state index in [2.05, 4.69) is 27.3 Å². The van der Waals surface area contributed by atoms with Crippen molar-refractivity contribution >= 4 is 39.1 Å². The van der Waals surface area contributed by atoms with Crippen LogP contribution >= 0.6 is 11.3 Å². The van der Waals surface area contributed by atoms with E-state index in [1.165, 1.54) is 24.0 Å². The maximum atomic E-state index is 13.1. The number of fused-ring (bicyclic) bond motifs is 2. The molecule has 34 heavy (non-hydrogen) atoms. The average molecular weight is 472 g/mol. The van der Waals surface area contributed by atoms with E-state index in [9.17, 15) is 9.59 Å². The number of thiophene rings is 1. The molecule has 0 saturated carbocycles. The number of hydrogen-bond donors (Lipinski definition) is 1. The summed E-state index contributed by atoms with van der Waals surface area (Å²) in [5, 5.41) is 4.49. The molecule has 0 radical (unpaired) electrons. The number of nitrogens with zero attached hydrogens (tertiary/aromatic N) is 2. The number of carbonyl (C=O) groups excluding carboxylic acids is 2. The number of methoxy groups -OCH3 is 1. The van der Waals surface area contributed by atoms with Crippen molar-refractivity contribution in [3.05, 3.63) is 93.5 Å². The zero-order valence-corrected chi connectivity index (χ0v) is 19.9. The minimum Gasteiger partial charge on any atom is -0.465 e. The van der Waals surface area contributed by atoms with Crippen molar-refractivity contribution in [1.29, 1.82) is 0 Å². The Labute approximate surface area is 202 Å². The Hall–Kier alpha value is -3.55. The van der Waals surface area contributed by atoms with Gasteiger partial charge in [-0.1, -0.05) is 42.5 Å². The van der Waals surface area contributed by atoms with E-state index in [0.29, 0.717) is 16.1 Å². The standard InChI is InChI=1S/C27H25N3O3S/c1-17-8-9-19-10-11-20(14-22(19)28-17)25(31)29-26-24(27(32)33-2)21-12-13-30(16-23(21)34-26)15-18-6-4-3-5-7-18/h3-11,14H,12-13,15-16H2,1-2H3,(H,29,31). The largest absolute Gasteiger partial charge is 0.465 e. The van der Waals surface area contributed by atoms with E-state index in [-0.39, 0.29) is 5.91 Å². The van der Waals surface area contributed by atoms with Gasteiger partial charge in [-0.3, -0.25) is 14.7 Å². The van der Waals surface area contributed by atoms with Gasteiger partial charge < -0.3 is 10.1 Å². The summed E-state index contributed by atoms with van der Waals surface area (Å²) in [6.45, 7) is 4.34. The van der Waals surface area contributed by atoms with Gasteiger partial charge in [-0.15, -0.1) is 11.3 Å². The summed E-state index contributed by atoms with van der Waals surface area (Å²) < 4.78 is 5.07. The molecule has 1 aliphatic rings. The summed E-state index contributed by atoms with van der Waals surface area (Å²) in [5.74, 6) is -0.685. The minimum atomic E-state index is -0.417. The zero-order chi connectivity index (χ0) is 23.7. The smallest absolute Gasteiger partial charge is 0.341 e. The Bertz CT molecular complexity index is 1380. The van der Waals surface area contributed by atoms with E-state index in [1.54, 1.807) is 12.1 Å². The van der Waals surface area contributed by atoms with Gasteiger partial charge in [0.25, 0.3) is 5.91 Å². The molecule has 3 heterocycles. The maximum absolute atomic E-state index is 13.1. The number of benzene rings is 2. The number of hydrogen-bond acceptors (Lipinski definition) is 6. The molecule has 0 unspecified atom stereocenters. The van der Waals surface area contributed by atoms with Crippen LogP contribution in [0.3, 0.4) is 0 Å². The molecule has 1 N–H and O–H groups in total. The Morgan fingerprint density at radius 3 is 2.71 bits per heavy atom. The van der Waals surface area contributed by atoms with Crippen LogP contribution in [-0.4, -0.2) is 35.4 Å². The first-order valence-corrected chi connectivity index (χ1v) is 12.0. The normalized spacial score (nSPS) is 13.5. The van der Waals surface area contributed by atoms with E-state index < -0.39 is 5.97 Å². The van der Waals surface area contributed by atoms with Gasteiger partial charge in [-0.2, -0.15) is 0 Å². The number of ether oxygens (including phenoxy) is 1. The number of carbonyl (C=O) groups is 2. The number of anilines is 1. The van der Waals surface area contributed by atoms with Gasteiger partial charge in [-0.25, -0.2) is 4.79 Å². The minimum absolute atomic E-state index is 0.268. The molecule has 0 saturated heterocycles. The highest BCUT2D eigenvalue weighted by Crippen LogP contribution is 2.38. The fraction of sp³-hybridized carbons (Fsp3) is 0.222. The lowest BCUT2D eigenvalue weighted by molar-refractivity contribution is 0.0600. The van der Waals surface area contributed by atoms with E-state index in [0.717, 1.165) is 53.1 Å². The van der Waals surface area contributed by atoms with Crippen LogP contribution in [0.15, 0.2) is 60.7 Å². The fourth-order valence-electron chi connectivity index (χ4n) is 4.37. The molecule has 1 amide bonds. The van der Waals surface area contributed by atoms with Gasteiger partial charge in [0.2, 0.25) is 0 Å². The lowest BCUT2D eigenvalue weighted by atomic mass is 10.0. The molecule has 7 heteroatoms. The van der Waals surface area contributed by atoms with Crippen LogP contribution in [0, 0.1) is 6.92 Å². The highest BCUT2D eigenvalue weighted by molar-refractivity contribution is 7.17. The SMILES string of the molecule is COC(=O)c1c(NC(=O)c2ccc3ccc(C)nc3c2)sc2c1CCN(Cc1ccccc1)C2. The Morgan fingerprint density at radius 1 is 1.12 bits per heavy atom. The number of aryl methyl sites for hydroxylation is 1. The molecule has 2 aromatic heterocycles. The van der Waals surface area contributed by atoms with Gasteiger partial charge in [0.05, 0.1) is 18.2 Å². The number of pyridine rings is 1. The second-order valence-electron chi connectivity index (χ2n) is 8.46. The molecule has 0 atom stereocenters. The lowest BCUT2D eigenvalue weighted by Crippen LogP contribution is -2.29. The predicted molar refractivity (Wildman–Crippen MR) is 134 cm³/mol. The molecule has 0 aliphatic carbocycles. The Balaban J connectivity index is 1.41. The van der Waals surface area contributed by atoms with Crippen LogP contribution < -0.4 is 5.32 Å². The first-order valence-electron chi connectivity index (χ1n) is 11.2. The zero-order valence-electron chi connectivity index (χ0n) is 19.1. The first kappa shape index (κ1) is 22.3. The molecular weight excluding hydrogens is 446 g/mol.